The Morgan fingerprint density at radius 1 is 1.46 bits per heavy atom. The van der Waals surface area contributed by atoms with Crippen molar-refractivity contribution >= 4 is 24.4 Å². The Bertz CT molecular complexity index is 173. The lowest BCUT2D eigenvalue weighted by atomic mass is 10.3. The number of carbonyl (C=O) groups excluding carboxylic acids is 2. The highest BCUT2D eigenvalue weighted by atomic mass is 32.1. The number of thiol groups is 1. The van der Waals surface area contributed by atoms with Gasteiger partial charge in [-0.25, -0.2) is 0 Å². The summed E-state index contributed by atoms with van der Waals surface area (Å²) in [6, 6.07) is 0. The van der Waals surface area contributed by atoms with E-state index in [0.29, 0.717) is 13.0 Å². The molecule has 0 spiro atoms. The summed E-state index contributed by atoms with van der Waals surface area (Å²) in [5, 5.41) is 2.28. The van der Waals surface area contributed by atoms with Gasteiger partial charge in [-0.3, -0.25) is 9.59 Å². The van der Waals surface area contributed by atoms with Crippen LogP contribution in [0, 0.1) is 0 Å². The van der Waals surface area contributed by atoms with E-state index in [4.69, 9.17) is 0 Å². The molecule has 0 aromatic carbocycles. The van der Waals surface area contributed by atoms with Crippen LogP contribution in [0.15, 0.2) is 0 Å². The maximum Gasteiger partial charge on any atom is 0.232 e. The third kappa shape index (κ3) is 5.52. The van der Waals surface area contributed by atoms with Crippen LogP contribution < -0.4 is 5.32 Å². The Morgan fingerprint density at radius 3 is 2.38 bits per heavy atom. The van der Waals surface area contributed by atoms with Gasteiger partial charge in [0.1, 0.15) is 0 Å². The van der Waals surface area contributed by atoms with E-state index in [-0.39, 0.29) is 17.1 Å². The summed E-state index contributed by atoms with van der Waals surface area (Å²) >= 11 is 3.95. The highest BCUT2D eigenvalue weighted by Crippen LogP contribution is 1.92. The fourth-order valence-corrected chi connectivity index (χ4v) is 0.755. The molecule has 0 aliphatic carbocycles. The fourth-order valence-electron chi connectivity index (χ4n) is 0.664. The van der Waals surface area contributed by atoms with Gasteiger partial charge in [-0.2, -0.15) is 12.6 Å². The molecule has 2 amide bonds. The van der Waals surface area contributed by atoms with E-state index in [0.717, 1.165) is 0 Å². The third-order valence-corrected chi connectivity index (χ3v) is 1.75. The zero-order valence-corrected chi connectivity index (χ0v) is 9.10. The summed E-state index contributed by atoms with van der Waals surface area (Å²) in [6.07, 6.45) is 0.333. The molecular formula is C8H16N2O2S. The normalized spacial score (nSPS) is 12.0. The molecule has 1 unspecified atom stereocenters. The molecule has 0 saturated carbocycles. The van der Waals surface area contributed by atoms with Crippen molar-refractivity contribution in [2.75, 3.05) is 20.6 Å². The molecule has 4 nitrogen and oxygen atoms in total. The van der Waals surface area contributed by atoms with Crippen LogP contribution in [0.3, 0.4) is 0 Å². The maximum atomic E-state index is 11.0. The van der Waals surface area contributed by atoms with E-state index in [2.05, 4.69) is 17.9 Å². The summed E-state index contributed by atoms with van der Waals surface area (Å²) in [6.45, 7) is 2.06. The van der Waals surface area contributed by atoms with Crippen LogP contribution in [-0.2, 0) is 9.59 Å². The molecule has 0 aliphatic heterocycles. The van der Waals surface area contributed by atoms with Gasteiger partial charge in [-0.05, 0) is 6.92 Å². The Morgan fingerprint density at radius 2 is 2.00 bits per heavy atom. The van der Waals surface area contributed by atoms with Gasteiger partial charge < -0.3 is 10.2 Å². The number of rotatable bonds is 4. The van der Waals surface area contributed by atoms with Crippen LogP contribution in [0.5, 0.6) is 0 Å². The Hall–Kier alpha value is -0.710. The van der Waals surface area contributed by atoms with Crippen LogP contribution in [0.4, 0.5) is 0 Å². The topological polar surface area (TPSA) is 49.4 Å². The molecule has 13 heavy (non-hydrogen) atoms. The maximum absolute atomic E-state index is 11.0. The zero-order valence-electron chi connectivity index (χ0n) is 8.20. The standard InChI is InChI=1S/C8H16N2O2S/c1-6(13)8(12)9-5-4-7(11)10(2)3/h6,13H,4-5H2,1-3H3,(H,9,12). The predicted octanol–water partition coefficient (Wildman–Crippen LogP) is -0.101. The number of nitrogens with zero attached hydrogens (tertiary/aromatic N) is 1. The van der Waals surface area contributed by atoms with Crippen molar-refractivity contribution in [3.8, 4) is 0 Å². The highest BCUT2D eigenvalue weighted by molar-refractivity contribution is 7.81. The van der Waals surface area contributed by atoms with Gasteiger partial charge in [0.15, 0.2) is 0 Å². The average Bonchev–Trinajstić information content (AvgIpc) is 2.03. The minimum Gasteiger partial charge on any atom is -0.355 e. The molecule has 0 rings (SSSR count). The van der Waals surface area contributed by atoms with Crippen molar-refractivity contribution in [2.24, 2.45) is 0 Å². The molecule has 1 atom stereocenters. The van der Waals surface area contributed by atoms with Crippen molar-refractivity contribution in [1.82, 2.24) is 10.2 Å². The highest BCUT2D eigenvalue weighted by Gasteiger charge is 2.08. The van der Waals surface area contributed by atoms with Crippen LogP contribution >= 0.6 is 12.6 Å². The minimum absolute atomic E-state index is 0.00659. The summed E-state index contributed by atoms with van der Waals surface area (Å²) in [5.74, 6) is -0.137. The van der Waals surface area contributed by atoms with E-state index >= 15 is 0 Å². The van der Waals surface area contributed by atoms with Crippen molar-refractivity contribution in [3.63, 3.8) is 0 Å². The summed E-state index contributed by atoms with van der Waals surface area (Å²) < 4.78 is 0. The molecular weight excluding hydrogens is 188 g/mol. The van der Waals surface area contributed by atoms with Gasteiger partial charge in [0.05, 0.1) is 5.25 Å². The molecule has 0 fully saturated rings. The van der Waals surface area contributed by atoms with E-state index in [1.807, 2.05) is 0 Å². The Balaban J connectivity index is 3.57. The van der Waals surface area contributed by atoms with Gasteiger partial charge in [-0.1, -0.05) is 0 Å². The molecule has 5 heteroatoms. The monoisotopic (exact) mass is 204 g/mol. The molecule has 0 aromatic heterocycles. The van der Waals surface area contributed by atoms with Crippen molar-refractivity contribution < 1.29 is 9.59 Å². The number of carbonyl (C=O) groups is 2. The average molecular weight is 204 g/mol. The van der Waals surface area contributed by atoms with E-state index in [1.165, 1.54) is 4.90 Å². The smallest absolute Gasteiger partial charge is 0.232 e. The SMILES string of the molecule is CC(S)C(=O)NCCC(=O)N(C)C. The Kier molecular flexibility index (Phi) is 5.53. The molecule has 1 N–H and O–H groups in total. The quantitative estimate of drug-likeness (QED) is 0.628. The Labute approximate surface area is 84.1 Å². The van der Waals surface area contributed by atoms with Crippen LogP contribution in [0.1, 0.15) is 13.3 Å². The second kappa shape index (κ2) is 5.85. The molecule has 0 aliphatic rings. The van der Waals surface area contributed by atoms with Crippen LogP contribution in [0.25, 0.3) is 0 Å². The molecule has 0 aromatic rings. The first-order valence-electron chi connectivity index (χ1n) is 4.11. The second-order valence-corrected chi connectivity index (χ2v) is 3.78. The van der Waals surface area contributed by atoms with E-state index in [1.54, 1.807) is 21.0 Å². The third-order valence-electron chi connectivity index (χ3n) is 1.52. The number of hydrogen-bond donors (Lipinski definition) is 2. The van der Waals surface area contributed by atoms with Crippen LogP contribution in [0.2, 0.25) is 0 Å². The van der Waals surface area contributed by atoms with Gasteiger partial charge in [0.25, 0.3) is 0 Å². The summed E-state index contributed by atoms with van der Waals surface area (Å²) in [7, 11) is 3.37. The van der Waals surface area contributed by atoms with Gasteiger partial charge >= 0.3 is 0 Å². The van der Waals surface area contributed by atoms with Crippen molar-refractivity contribution in [3.05, 3.63) is 0 Å². The first kappa shape index (κ1) is 12.3. The molecule has 0 heterocycles. The number of hydrogen-bond acceptors (Lipinski definition) is 3. The summed E-state index contributed by atoms with van der Waals surface area (Å²) in [5.41, 5.74) is 0. The van der Waals surface area contributed by atoms with E-state index in [9.17, 15) is 9.59 Å². The van der Waals surface area contributed by atoms with Gasteiger partial charge in [0, 0.05) is 27.1 Å². The first-order chi connectivity index (χ1) is 5.95. The van der Waals surface area contributed by atoms with Crippen molar-refractivity contribution in [1.29, 1.82) is 0 Å². The van der Waals surface area contributed by atoms with E-state index < -0.39 is 0 Å². The summed E-state index contributed by atoms with van der Waals surface area (Å²) in [4.78, 5) is 23.5. The van der Waals surface area contributed by atoms with Gasteiger partial charge in [-0.15, -0.1) is 0 Å². The molecule has 76 valence electrons. The zero-order chi connectivity index (χ0) is 10.4. The number of nitrogens with one attached hydrogen (secondary N) is 1. The lowest BCUT2D eigenvalue weighted by Crippen LogP contribution is -2.33. The first-order valence-corrected chi connectivity index (χ1v) is 4.62. The van der Waals surface area contributed by atoms with Crippen molar-refractivity contribution in [2.45, 2.75) is 18.6 Å². The predicted molar refractivity (Wildman–Crippen MR) is 54.8 cm³/mol. The van der Waals surface area contributed by atoms with Crippen LogP contribution in [-0.4, -0.2) is 42.6 Å². The fraction of sp³-hybridized carbons (Fsp3) is 0.750. The minimum atomic E-state index is -0.325. The lowest BCUT2D eigenvalue weighted by Gasteiger charge is -2.11. The largest absolute Gasteiger partial charge is 0.355 e. The molecule has 0 bridgehead atoms. The number of amides is 2. The van der Waals surface area contributed by atoms with Gasteiger partial charge in [0.2, 0.25) is 11.8 Å². The molecule has 0 radical (unpaired) electrons. The lowest BCUT2D eigenvalue weighted by molar-refractivity contribution is -0.128. The second-order valence-electron chi connectivity index (χ2n) is 3.01. The molecule has 0 saturated heterocycles.